The highest BCUT2D eigenvalue weighted by atomic mass is 16.5. The third kappa shape index (κ3) is 18.3. The number of aliphatic hydroxyl groups is 1. The lowest BCUT2D eigenvalue weighted by Gasteiger charge is -1.98. The van der Waals surface area contributed by atoms with Crippen molar-refractivity contribution in [2.24, 2.45) is 0 Å². The van der Waals surface area contributed by atoms with E-state index in [1.807, 2.05) is 25.2 Å². The normalized spacial score (nSPS) is 13.9. The fraction of sp³-hybridized carbons (Fsp3) is 0.500. The lowest BCUT2D eigenvalue weighted by molar-refractivity contribution is -0.143. The number of allylic oxidation sites excluding steroid dienone is 8. The van der Waals surface area contributed by atoms with Crippen molar-refractivity contribution in [1.82, 2.24) is 0 Å². The SMILES string of the molecule is CC/C=C\C[C@H](O)/C=C/C=C\C/C=C\C/C=C\CCCC(=O)OCC. The van der Waals surface area contributed by atoms with Gasteiger partial charge in [-0.1, -0.05) is 67.7 Å². The molecule has 0 spiro atoms. The van der Waals surface area contributed by atoms with Gasteiger partial charge in [-0.15, -0.1) is 0 Å². The molecule has 0 heterocycles. The molecule has 0 aliphatic heterocycles. The monoisotopic (exact) mass is 346 g/mol. The Balaban J connectivity index is 3.63. The summed E-state index contributed by atoms with van der Waals surface area (Å²) in [4.78, 5) is 11.1. The number of rotatable bonds is 14. The van der Waals surface area contributed by atoms with Crippen LogP contribution in [0.2, 0.25) is 0 Å². The highest BCUT2D eigenvalue weighted by Gasteiger charge is 1.98. The Morgan fingerprint density at radius 2 is 1.68 bits per heavy atom. The van der Waals surface area contributed by atoms with Gasteiger partial charge in [0.05, 0.1) is 12.7 Å². The van der Waals surface area contributed by atoms with Crippen LogP contribution in [0.15, 0.2) is 60.8 Å². The predicted octanol–water partition coefficient (Wildman–Crippen LogP) is 5.44. The summed E-state index contributed by atoms with van der Waals surface area (Å²) in [6.45, 7) is 4.36. The van der Waals surface area contributed by atoms with Gasteiger partial charge in [-0.05, 0) is 45.4 Å². The van der Waals surface area contributed by atoms with Gasteiger partial charge in [-0.2, -0.15) is 0 Å². The van der Waals surface area contributed by atoms with Gasteiger partial charge in [-0.3, -0.25) is 4.79 Å². The molecule has 25 heavy (non-hydrogen) atoms. The van der Waals surface area contributed by atoms with Crippen LogP contribution >= 0.6 is 0 Å². The van der Waals surface area contributed by atoms with Gasteiger partial charge in [0.1, 0.15) is 0 Å². The predicted molar refractivity (Wildman–Crippen MR) is 106 cm³/mol. The fourth-order valence-corrected chi connectivity index (χ4v) is 1.99. The molecule has 3 heteroatoms. The number of esters is 1. The van der Waals surface area contributed by atoms with Crippen LogP contribution in [0, 0.1) is 0 Å². The summed E-state index contributed by atoms with van der Waals surface area (Å²) in [5.74, 6) is -0.110. The van der Waals surface area contributed by atoms with Gasteiger partial charge < -0.3 is 9.84 Å². The molecule has 0 bridgehead atoms. The van der Waals surface area contributed by atoms with E-state index >= 15 is 0 Å². The van der Waals surface area contributed by atoms with E-state index in [1.54, 1.807) is 6.08 Å². The summed E-state index contributed by atoms with van der Waals surface area (Å²) in [7, 11) is 0. The van der Waals surface area contributed by atoms with E-state index in [9.17, 15) is 9.90 Å². The third-order valence-electron chi connectivity index (χ3n) is 3.30. The molecule has 0 aromatic heterocycles. The molecule has 0 saturated heterocycles. The number of ether oxygens (including phenoxy) is 1. The zero-order valence-electron chi connectivity index (χ0n) is 15.8. The average Bonchev–Trinajstić information content (AvgIpc) is 2.59. The van der Waals surface area contributed by atoms with Crippen LogP contribution in [0.5, 0.6) is 0 Å². The lowest BCUT2D eigenvalue weighted by atomic mass is 10.2. The number of unbranched alkanes of at least 4 members (excludes halogenated alkanes) is 1. The summed E-state index contributed by atoms with van der Waals surface area (Å²) in [5.41, 5.74) is 0. The van der Waals surface area contributed by atoms with Crippen molar-refractivity contribution in [1.29, 1.82) is 0 Å². The molecule has 3 nitrogen and oxygen atoms in total. The van der Waals surface area contributed by atoms with E-state index in [4.69, 9.17) is 4.74 Å². The largest absolute Gasteiger partial charge is 0.466 e. The zero-order valence-corrected chi connectivity index (χ0v) is 15.8. The van der Waals surface area contributed by atoms with Gasteiger partial charge in [0.25, 0.3) is 0 Å². The first-order valence-corrected chi connectivity index (χ1v) is 9.32. The van der Waals surface area contributed by atoms with Gasteiger partial charge in [-0.25, -0.2) is 0 Å². The molecular weight excluding hydrogens is 312 g/mol. The van der Waals surface area contributed by atoms with Crippen molar-refractivity contribution in [3.05, 3.63) is 60.8 Å². The van der Waals surface area contributed by atoms with Crippen molar-refractivity contribution in [2.45, 2.75) is 64.9 Å². The molecule has 0 rings (SSSR count). The Hall–Kier alpha value is -1.87. The molecule has 0 aliphatic rings. The second-order valence-electron chi connectivity index (χ2n) is 5.61. The summed E-state index contributed by atoms with van der Waals surface area (Å²) in [6, 6.07) is 0. The van der Waals surface area contributed by atoms with Crippen LogP contribution in [0.1, 0.15) is 58.8 Å². The second-order valence-corrected chi connectivity index (χ2v) is 5.61. The number of aliphatic hydroxyl groups excluding tert-OH is 1. The molecule has 0 saturated carbocycles. The van der Waals surface area contributed by atoms with Crippen molar-refractivity contribution in [3.8, 4) is 0 Å². The Labute approximate surface area is 153 Å². The first kappa shape index (κ1) is 23.1. The van der Waals surface area contributed by atoms with Gasteiger partial charge in [0.2, 0.25) is 0 Å². The Morgan fingerprint density at radius 1 is 0.960 bits per heavy atom. The Morgan fingerprint density at radius 3 is 2.40 bits per heavy atom. The number of hydrogen-bond acceptors (Lipinski definition) is 3. The fourth-order valence-electron chi connectivity index (χ4n) is 1.99. The van der Waals surface area contributed by atoms with E-state index in [1.165, 1.54) is 0 Å². The zero-order chi connectivity index (χ0) is 18.6. The molecule has 140 valence electrons. The summed E-state index contributed by atoms with van der Waals surface area (Å²) in [6.07, 6.45) is 25.6. The van der Waals surface area contributed by atoms with E-state index in [0.717, 1.165) is 32.1 Å². The molecule has 0 radical (unpaired) electrons. The third-order valence-corrected chi connectivity index (χ3v) is 3.30. The van der Waals surface area contributed by atoms with Crippen LogP contribution in [0.4, 0.5) is 0 Å². The first-order chi connectivity index (χ1) is 12.2. The molecule has 0 aromatic rings. The maximum Gasteiger partial charge on any atom is 0.305 e. The second kappa shape index (κ2) is 18.5. The molecule has 1 N–H and O–H groups in total. The van der Waals surface area contributed by atoms with E-state index in [0.29, 0.717) is 19.4 Å². The number of carbonyl (C=O) groups is 1. The van der Waals surface area contributed by atoms with Crippen LogP contribution in [0.25, 0.3) is 0 Å². The average molecular weight is 347 g/mol. The van der Waals surface area contributed by atoms with Crippen molar-refractivity contribution in [2.75, 3.05) is 6.61 Å². The van der Waals surface area contributed by atoms with Gasteiger partial charge in [0.15, 0.2) is 0 Å². The van der Waals surface area contributed by atoms with E-state index in [2.05, 4.69) is 43.4 Å². The molecule has 0 unspecified atom stereocenters. The molecule has 0 aromatic carbocycles. The molecule has 1 atom stereocenters. The summed E-state index contributed by atoms with van der Waals surface area (Å²) in [5, 5.41) is 9.68. The van der Waals surface area contributed by atoms with E-state index < -0.39 is 6.10 Å². The van der Waals surface area contributed by atoms with Crippen LogP contribution in [-0.2, 0) is 9.53 Å². The van der Waals surface area contributed by atoms with Crippen molar-refractivity contribution >= 4 is 5.97 Å². The Bertz CT molecular complexity index is 456. The summed E-state index contributed by atoms with van der Waals surface area (Å²) < 4.78 is 4.87. The van der Waals surface area contributed by atoms with Crippen LogP contribution in [0.3, 0.4) is 0 Å². The van der Waals surface area contributed by atoms with Crippen LogP contribution in [-0.4, -0.2) is 23.8 Å². The quantitative estimate of drug-likeness (QED) is 0.197. The highest BCUT2D eigenvalue weighted by Crippen LogP contribution is 2.01. The molecular formula is C22H34O3. The standard InChI is InChI=1S/C22H34O3/c1-3-5-15-18-21(23)19-16-13-11-9-7-6-8-10-12-14-17-20-22(24)25-4-2/h5-7,10-13,15-16,19,21,23H,3-4,8-9,14,17-18,20H2,1-2H3/b7-6-,12-10-,13-11-,15-5-,19-16+/t21-/m0/s1. The van der Waals surface area contributed by atoms with Crippen molar-refractivity contribution in [3.63, 3.8) is 0 Å². The maximum atomic E-state index is 11.1. The van der Waals surface area contributed by atoms with E-state index in [-0.39, 0.29) is 5.97 Å². The van der Waals surface area contributed by atoms with Gasteiger partial charge in [0, 0.05) is 6.42 Å². The minimum absolute atomic E-state index is 0.110. The smallest absolute Gasteiger partial charge is 0.305 e. The molecule has 0 aliphatic carbocycles. The topological polar surface area (TPSA) is 46.5 Å². The number of carbonyl (C=O) groups excluding carboxylic acids is 1. The first-order valence-electron chi connectivity index (χ1n) is 9.32. The van der Waals surface area contributed by atoms with Crippen molar-refractivity contribution < 1.29 is 14.6 Å². The maximum absolute atomic E-state index is 11.1. The highest BCUT2D eigenvalue weighted by molar-refractivity contribution is 5.69. The van der Waals surface area contributed by atoms with Crippen LogP contribution < -0.4 is 0 Å². The Kier molecular flexibility index (Phi) is 17.1. The number of hydrogen-bond donors (Lipinski definition) is 1. The minimum Gasteiger partial charge on any atom is -0.466 e. The lowest BCUT2D eigenvalue weighted by Crippen LogP contribution is -2.02. The van der Waals surface area contributed by atoms with Gasteiger partial charge >= 0.3 is 5.97 Å². The minimum atomic E-state index is -0.406. The summed E-state index contributed by atoms with van der Waals surface area (Å²) >= 11 is 0. The molecule has 0 fully saturated rings. The molecule has 0 amide bonds.